The molecule has 6 nitrogen and oxygen atoms in total. The second-order valence-corrected chi connectivity index (χ2v) is 3.47. The number of rotatable bonds is 3. The van der Waals surface area contributed by atoms with Gasteiger partial charge in [-0.3, -0.25) is 9.79 Å². The summed E-state index contributed by atoms with van der Waals surface area (Å²) in [6, 6.07) is 0. The van der Waals surface area contributed by atoms with Crippen molar-refractivity contribution in [3.05, 3.63) is 11.3 Å². The third-order valence-electron chi connectivity index (χ3n) is 2.30. The fourth-order valence-electron chi connectivity index (χ4n) is 1.59. The molecule has 0 saturated heterocycles. The molecule has 6 heteroatoms. The van der Waals surface area contributed by atoms with E-state index in [1.807, 2.05) is 6.92 Å². The van der Waals surface area contributed by atoms with Gasteiger partial charge in [0.2, 0.25) is 0 Å². The molecule has 1 rings (SSSR count). The quantitative estimate of drug-likeness (QED) is 0.753. The van der Waals surface area contributed by atoms with Gasteiger partial charge in [-0.05, 0) is 20.8 Å². The number of hydrogen-bond donors (Lipinski definition) is 1. The van der Waals surface area contributed by atoms with Gasteiger partial charge in [-0.25, -0.2) is 9.69 Å². The first-order chi connectivity index (χ1) is 8.02. The lowest BCUT2D eigenvalue weighted by atomic mass is 10.1. The van der Waals surface area contributed by atoms with Gasteiger partial charge in [0.15, 0.2) is 0 Å². The molecule has 0 aromatic rings. The molecule has 0 aromatic carbocycles. The molecule has 0 atom stereocenters. The first-order valence-corrected chi connectivity index (χ1v) is 5.45. The summed E-state index contributed by atoms with van der Waals surface area (Å²) in [5, 5.41) is 9.67. The summed E-state index contributed by atoms with van der Waals surface area (Å²) in [5.41, 5.74) is 0.529. The highest BCUT2D eigenvalue weighted by Gasteiger charge is 2.36. The van der Waals surface area contributed by atoms with E-state index in [0.717, 1.165) is 4.90 Å². The molecule has 1 aliphatic heterocycles. The Morgan fingerprint density at radius 3 is 2.71 bits per heavy atom. The summed E-state index contributed by atoms with van der Waals surface area (Å²) in [6.07, 6.45) is -0.747. The van der Waals surface area contributed by atoms with E-state index in [9.17, 15) is 14.7 Å². The molecule has 2 amide bonds. The molecule has 1 N–H and O–H groups in total. The number of aliphatic hydroxyl groups excluding tert-OH is 1. The molecule has 0 aliphatic carbocycles. The van der Waals surface area contributed by atoms with E-state index in [1.54, 1.807) is 13.8 Å². The Balaban J connectivity index is 2.90. The van der Waals surface area contributed by atoms with E-state index in [4.69, 9.17) is 4.74 Å². The smallest absolute Gasteiger partial charge is 0.417 e. The van der Waals surface area contributed by atoms with Crippen LogP contribution in [-0.4, -0.2) is 47.4 Å². The van der Waals surface area contributed by atoms with E-state index in [2.05, 4.69) is 4.99 Å². The van der Waals surface area contributed by atoms with Gasteiger partial charge >= 0.3 is 6.09 Å². The van der Waals surface area contributed by atoms with Gasteiger partial charge < -0.3 is 9.84 Å². The number of imide groups is 1. The minimum atomic E-state index is -0.747. The number of aliphatic hydroxyl groups is 1. The molecule has 0 bridgehead atoms. The summed E-state index contributed by atoms with van der Waals surface area (Å²) in [5.74, 6) is -0.701. The zero-order valence-electron chi connectivity index (χ0n) is 10.2. The second kappa shape index (κ2) is 5.47. The largest absolute Gasteiger partial charge is 0.509 e. The molecule has 1 aliphatic rings. The highest BCUT2D eigenvalue weighted by Crippen LogP contribution is 2.19. The number of carbonyl (C=O) groups is 2. The van der Waals surface area contributed by atoms with Gasteiger partial charge in [0.1, 0.15) is 11.3 Å². The van der Waals surface area contributed by atoms with Crippen LogP contribution in [0.4, 0.5) is 4.79 Å². The highest BCUT2D eigenvalue weighted by atomic mass is 16.6. The molecular formula is C11H16N2O4. The summed E-state index contributed by atoms with van der Waals surface area (Å²) in [4.78, 5) is 28.2. The molecule has 0 spiro atoms. The van der Waals surface area contributed by atoms with Crippen molar-refractivity contribution in [1.29, 1.82) is 0 Å². The van der Waals surface area contributed by atoms with Crippen LogP contribution in [0.25, 0.3) is 0 Å². The van der Waals surface area contributed by atoms with Crippen LogP contribution < -0.4 is 0 Å². The van der Waals surface area contributed by atoms with Crippen LogP contribution in [0.15, 0.2) is 16.3 Å². The van der Waals surface area contributed by atoms with Crippen LogP contribution in [0.2, 0.25) is 0 Å². The molecule has 0 saturated carbocycles. The van der Waals surface area contributed by atoms with Crippen molar-refractivity contribution in [1.82, 2.24) is 4.90 Å². The average molecular weight is 240 g/mol. The topological polar surface area (TPSA) is 79.2 Å². The first kappa shape index (κ1) is 13.2. The summed E-state index contributed by atoms with van der Waals surface area (Å²) in [6.45, 7) is 5.64. The molecule has 1 heterocycles. The van der Waals surface area contributed by atoms with Crippen LogP contribution in [0.1, 0.15) is 20.8 Å². The Morgan fingerprint density at radius 1 is 1.53 bits per heavy atom. The number of hydrogen-bond acceptors (Lipinski definition) is 5. The van der Waals surface area contributed by atoms with Crippen molar-refractivity contribution in [3.63, 3.8) is 0 Å². The minimum Gasteiger partial charge on any atom is -0.509 e. The zero-order valence-corrected chi connectivity index (χ0v) is 10.2. The molecule has 0 fully saturated rings. The maximum atomic E-state index is 11.9. The van der Waals surface area contributed by atoms with Crippen LogP contribution in [0.3, 0.4) is 0 Å². The normalized spacial score (nSPS) is 16.8. The number of nitrogens with zero attached hydrogens (tertiary/aromatic N) is 2. The number of ether oxygens (including phenoxy) is 1. The molecule has 0 radical (unpaired) electrons. The molecular weight excluding hydrogens is 224 g/mol. The third-order valence-corrected chi connectivity index (χ3v) is 2.30. The van der Waals surface area contributed by atoms with Crippen molar-refractivity contribution in [2.45, 2.75) is 20.8 Å². The van der Waals surface area contributed by atoms with Crippen molar-refractivity contribution in [2.24, 2.45) is 4.99 Å². The Hall–Kier alpha value is -1.85. The van der Waals surface area contributed by atoms with E-state index in [-0.39, 0.29) is 24.5 Å². The Morgan fingerprint density at radius 2 is 2.18 bits per heavy atom. The maximum absolute atomic E-state index is 11.9. The first-order valence-electron chi connectivity index (χ1n) is 5.45. The standard InChI is InChI=1S/C11H16N2O4/c1-4-12-7(3)9-8(14)6-13(10(9)15)11(16)17-5-2/h14H,4-6H2,1-3H3. The third kappa shape index (κ3) is 2.64. The molecule has 94 valence electrons. The number of aliphatic imine (C=N–C) groups is 1. The zero-order chi connectivity index (χ0) is 13.0. The summed E-state index contributed by atoms with van der Waals surface area (Å²) in [7, 11) is 0. The highest BCUT2D eigenvalue weighted by molar-refractivity contribution is 6.25. The molecule has 0 aromatic heterocycles. The van der Waals surface area contributed by atoms with Crippen molar-refractivity contribution in [2.75, 3.05) is 19.7 Å². The van der Waals surface area contributed by atoms with Gasteiger partial charge in [-0.1, -0.05) is 0 Å². The molecule has 17 heavy (non-hydrogen) atoms. The number of carbonyl (C=O) groups excluding carboxylic acids is 2. The van der Waals surface area contributed by atoms with Gasteiger partial charge in [-0.2, -0.15) is 0 Å². The van der Waals surface area contributed by atoms with Gasteiger partial charge in [0.05, 0.1) is 13.2 Å². The lowest BCUT2D eigenvalue weighted by Crippen LogP contribution is -2.35. The Bertz CT molecular complexity index is 398. The van der Waals surface area contributed by atoms with Crippen molar-refractivity contribution < 1.29 is 19.4 Å². The Kier molecular flexibility index (Phi) is 4.25. The average Bonchev–Trinajstić information content (AvgIpc) is 2.55. The van der Waals surface area contributed by atoms with Gasteiger partial charge in [0.25, 0.3) is 5.91 Å². The number of amides is 2. The lowest BCUT2D eigenvalue weighted by molar-refractivity contribution is -0.123. The lowest BCUT2D eigenvalue weighted by Gasteiger charge is -2.13. The second-order valence-electron chi connectivity index (χ2n) is 3.47. The fraction of sp³-hybridized carbons (Fsp3) is 0.545. The maximum Gasteiger partial charge on any atom is 0.417 e. The van der Waals surface area contributed by atoms with Crippen LogP contribution in [-0.2, 0) is 9.53 Å². The van der Waals surface area contributed by atoms with Crippen LogP contribution in [0, 0.1) is 0 Å². The van der Waals surface area contributed by atoms with Crippen molar-refractivity contribution in [3.8, 4) is 0 Å². The SMILES string of the molecule is CCN=C(C)C1=C(O)CN(C(=O)OCC)C1=O. The predicted molar refractivity (Wildman–Crippen MR) is 62.0 cm³/mol. The van der Waals surface area contributed by atoms with E-state index < -0.39 is 12.0 Å². The van der Waals surface area contributed by atoms with Crippen LogP contribution >= 0.6 is 0 Å². The van der Waals surface area contributed by atoms with E-state index in [0.29, 0.717) is 12.3 Å². The summed E-state index contributed by atoms with van der Waals surface area (Å²) < 4.78 is 4.72. The van der Waals surface area contributed by atoms with E-state index >= 15 is 0 Å². The Labute approximate surface area is 99.6 Å². The predicted octanol–water partition coefficient (Wildman–Crippen LogP) is 1.28. The van der Waals surface area contributed by atoms with Gasteiger partial charge in [-0.15, -0.1) is 0 Å². The van der Waals surface area contributed by atoms with E-state index in [1.165, 1.54) is 0 Å². The van der Waals surface area contributed by atoms with Gasteiger partial charge in [0, 0.05) is 12.3 Å². The molecule has 0 unspecified atom stereocenters. The van der Waals surface area contributed by atoms with Crippen LogP contribution in [0.5, 0.6) is 0 Å². The monoisotopic (exact) mass is 240 g/mol. The fourth-order valence-corrected chi connectivity index (χ4v) is 1.59. The van der Waals surface area contributed by atoms with Crippen molar-refractivity contribution >= 4 is 17.7 Å². The summed E-state index contributed by atoms with van der Waals surface area (Å²) >= 11 is 0. The minimum absolute atomic E-state index is 0.0971.